The molecule has 0 saturated carbocycles. The average molecular weight is 834 g/mol. The number of carboxylic acids is 3. The molecule has 1 heterocycles. The van der Waals surface area contributed by atoms with E-state index < -0.39 is 61.9 Å². The summed E-state index contributed by atoms with van der Waals surface area (Å²) in [4.78, 5) is 63.3. The monoisotopic (exact) mass is 834 g/mol. The van der Waals surface area contributed by atoms with Crippen molar-refractivity contribution in [3.63, 3.8) is 0 Å². The van der Waals surface area contributed by atoms with Gasteiger partial charge in [0.15, 0.2) is 0 Å². The number of methoxy groups -OCH3 is 2. The summed E-state index contributed by atoms with van der Waals surface area (Å²) in [5.41, 5.74) is 1.29. The van der Waals surface area contributed by atoms with Gasteiger partial charge in [-0.25, -0.2) is 9.59 Å². The molecule has 0 fully saturated rings. The van der Waals surface area contributed by atoms with Gasteiger partial charge in [0.1, 0.15) is 12.5 Å². The summed E-state index contributed by atoms with van der Waals surface area (Å²) >= 11 is 0. The van der Waals surface area contributed by atoms with Crippen LogP contribution in [0.25, 0.3) is 11.1 Å². The number of carbonyl (C=O) groups excluding carboxylic acids is 5. The summed E-state index contributed by atoms with van der Waals surface area (Å²) < 4.78 is 9.65. The smallest absolute Gasteiger partial charge is 0.549 e. The second-order valence-corrected chi connectivity index (χ2v) is 10.7. The number of nitrogens with one attached hydrogen (secondary N) is 2. The molecular formula is C30H38GdN5O13. The van der Waals surface area contributed by atoms with Crippen molar-refractivity contribution < 1.29 is 104 Å². The van der Waals surface area contributed by atoms with Crippen molar-refractivity contribution in [2.75, 3.05) is 83.8 Å². The summed E-state index contributed by atoms with van der Waals surface area (Å²) in [6, 6.07) is 8.73. The number of hydrogen-bond donors (Lipinski definition) is 4. The van der Waals surface area contributed by atoms with Crippen molar-refractivity contribution in [3.05, 3.63) is 47.5 Å². The Hall–Kier alpha value is -3.53. The number of aliphatic hydroxyl groups excluding tert-OH is 2. The third-order valence-electron chi connectivity index (χ3n) is 7.20. The maximum Gasteiger partial charge on any atom is 3.00 e. The zero-order valence-corrected chi connectivity index (χ0v) is 28.9. The molecule has 0 spiro atoms. The van der Waals surface area contributed by atoms with Gasteiger partial charge in [-0.05, 0) is 24.3 Å². The van der Waals surface area contributed by atoms with E-state index in [1.165, 1.54) is 65.3 Å². The van der Waals surface area contributed by atoms with Gasteiger partial charge < -0.3 is 65.5 Å². The van der Waals surface area contributed by atoms with Crippen molar-refractivity contribution in [1.29, 1.82) is 0 Å². The molecule has 49 heavy (non-hydrogen) atoms. The molecule has 19 heteroatoms. The number of carboxylic acid groups (broad SMARTS) is 3. The number of carbonyl (C=O) groups is 5. The quantitative estimate of drug-likeness (QED) is 0.181. The minimum Gasteiger partial charge on any atom is -0.549 e. The van der Waals surface area contributed by atoms with Crippen LogP contribution >= 0.6 is 0 Å². The number of fused-ring (bicyclic) bond motifs is 3. The zero-order chi connectivity index (χ0) is 34.7. The van der Waals surface area contributed by atoms with E-state index in [1.54, 1.807) is 0 Å². The van der Waals surface area contributed by atoms with Gasteiger partial charge in [-0.1, -0.05) is 12.1 Å². The van der Waals surface area contributed by atoms with Crippen LogP contribution in [0.1, 0.15) is 20.7 Å². The summed E-state index contributed by atoms with van der Waals surface area (Å²) in [6.45, 7) is -2.59. The zero-order valence-electron chi connectivity index (χ0n) is 26.7. The van der Waals surface area contributed by atoms with Crippen LogP contribution in [-0.4, -0.2) is 146 Å². The Morgan fingerprint density at radius 1 is 0.673 bits per heavy atom. The van der Waals surface area contributed by atoms with Crippen molar-refractivity contribution in [2.24, 2.45) is 0 Å². The molecule has 6 N–H and O–H groups in total. The van der Waals surface area contributed by atoms with Gasteiger partial charge in [-0.2, -0.15) is 0 Å². The SMILES string of the molecule is COC(=O)c1ccc2c(c1)NC(O)CN(CC(=O)[O-])CCN(CC(=O)[O-])CCN(CC(=O)[O-])CC(O)Nc1cc(C(=O)OC)ccc1-2.O.[Gd+3]. The van der Waals surface area contributed by atoms with Gasteiger partial charge in [0.2, 0.25) is 0 Å². The number of aliphatic hydroxyl groups is 2. The Bertz CT molecular complexity index is 1360. The normalized spacial score (nSPS) is 18.0. The van der Waals surface area contributed by atoms with E-state index in [0.717, 1.165) is 0 Å². The predicted molar refractivity (Wildman–Crippen MR) is 162 cm³/mol. The van der Waals surface area contributed by atoms with E-state index in [4.69, 9.17) is 9.47 Å². The number of esters is 2. The van der Waals surface area contributed by atoms with Gasteiger partial charge >= 0.3 is 51.9 Å². The van der Waals surface area contributed by atoms with E-state index in [0.29, 0.717) is 11.1 Å². The summed E-state index contributed by atoms with van der Waals surface area (Å²) in [5.74, 6) is -5.74. The molecule has 2 atom stereocenters. The first kappa shape index (κ1) is 43.5. The minimum atomic E-state index is -1.46. The summed E-state index contributed by atoms with van der Waals surface area (Å²) in [5, 5.41) is 62.4. The van der Waals surface area contributed by atoms with Crippen molar-refractivity contribution >= 4 is 41.2 Å². The Morgan fingerprint density at radius 3 is 1.33 bits per heavy atom. The topological polar surface area (TPSA) is 279 Å². The predicted octanol–water partition coefficient (Wildman–Crippen LogP) is -5.27. The number of anilines is 2. The molecule has 1 radical (unpaired) electrons. The first-order valence-electron chi connectivity index (χ1n) is 14.4. The number of rotatable bonds is 8. The Morgan fingerprint density at radius 2 is 1.00 bits per heavy atom. The number of β-amino-alcohol motifs (C(OH)–C–C–N with tert-alkyl or cyclic N) is 2. The fourth-order valence-electron chi connectivity index (χ4n) is 5.08. The van der Waals surface area contributed by atoms with Gasteiger partial charge in [-0.3, -0.25) is 14.7 Å². The van der Waals surface area contributed by atoms with E-state index in [-0.39, 0.29) is 107 Å². The molecule has 2 aromatic rings. The second-order valence-electron chi connectivity index (χ2n) is 10.7. The molecular weight excluding hydrogens is 796 g/mol. The Balaban J connectivity index is 0.00000600. The third kappa shape index (κ3) is 13.7. The fraction of sp³-hybridized carbons (Fsp3) is 0.433. The van der Waals surface area contributed by atoms with Gasteiger partial charge in [0.25, 0.3) is 0 Å². The summed E-state index contributed by atoms with van der Waals surface area (Å²) in [7, 11) is 2.37. The van der Waals surface area contributed by atoms with Gasteiger partial charge in [0, 0.05) is 81.4 Å². The molecule has 1 aliphatic heterocycles. The van der Waals surface area contributed by atoms with E-state index in [2.05, 4.69) is 10.6 Å². The van der Waals surface area contributed by atoms with E-state index >= 15 is 0 Å². The molecule has 0 aliphatic carbocycles. The minimum absolute atomic E-state index is 0. The number of nitrogens with zero attached hydrogens (tertiary/aromatic N) is 3. The van der Waals surface area contributed by atoms with Crippen LogP contribution in [0.2, 0.25) is 0 Å². The molecule has 3 rings (SSSR count). The molecule has 18 nitrogen and oxygen atoms in total. The van der Waals surface area contributed by atoms with Crippen LogP contribution in [0, 0.1) is 39.9 Å². The average Bonchev–Trinajstić information content (AvgIpc) is 3.00. The van der Waals surface area contributed by atoms with Crippen LogP contribution in [0.4, 0.5) is 11.4 Å². The van der Waals surface area contributed by atoms with Gasteiger partial charge in [0.05, 0.1) is 43.3 Å². The maximum atomic E-state index is 12.4. The molecule has 269 valence electrons. The van der Waals surface area contributed by atoms with Crippen LogP contribution in [0.3, 0.4) is 0 Å². The van der Waals surface area contributed by atoms with Crippen LogP contribution < -0.4 is 26.0 Å². The standard InChI is InChI=1S/C30H39N5O12.Gd.H2O/c1-46-29(44)18-3-5-20-21-6-4-19(30(45)47-2)12-23(21)32-25(37)14-35(17-28(42)43)10-8-33(15-26(38)39)7-9-34(16-27(40)41)13-24(36)31-22(20)11-18;;/h3-6,11-12,24-25,31-32,36-37H,7-10,13-17H2,1-2H3,(H,38,39)(H,40,41)(H,42,43);;1H2/q;+3;/p-3. The fourth-order valence-corrected chi connectivity index (χ4v) is 5.08. The van der Waals surface area contributed by atoms with Crippen LogP contribution in [-0.2, 0) is 23.9 Å². The van der Waals surface area contributed by atoms with E-state index in [1.807, 2.05) is 0 Å². The summed E-state index contributed by atoms with van der Waals surface area (Å²) in [6.07, 6.45) is -2.89. The van der Waals surface area contributed by atoms with E-state index in [9.17, 15) is 49.5 Å². The van der Waals surface area contributed by atoms with Crippen LogP contribution in [0.5, 0.6) is 0 Å². The number of benzene rings is 2. The molecule has 0 bridgehead atoms. The van der Waals surface area contributed by atoms with Crippen LogP contribution in [0.15, 0.2) is 36.4 Å². The largest absolute Gasteiger partial charge is 3.00 e. The third-order valence-corrected chi connectivity index (χ3v) is 7.20. The van der Waals surface area contributed by atoms with Crippen molar-refractivity contribution in [1.82, 2.24) is 14.7 Å². The molecule has 0 aromatic heterocycles. The molecule has 2 aromatic carbocycles. The Kier molecular flexibility index (Phi) is 18.5. The van der Waals surface area contributed by atoms with Crippen molar-refractivity contribution in [3.8, 4) is 11.1 Å². The molecule has 0 saturated heterocycles. The number of hydrogen-bond acceptors (Lipinski definition) is 17. The Labute approximate surface area is 313 Å². The second kappa shape index (κ2) is 20.9. The maximum absolute atomic E-state index is 12.4. The van der Waals surface area contributed by atoms with Gasteiger partial charge in [-0.15, -0.1) is 0 Å². The first-order chi connectivity index (χ1) is 22.3. The number of ether oxygens (including phenoxy) is 2. The molecule has 1 aliphatic rings. The first-order valence-corrected chi connectivity index (χ1v) is 14.4. The van der Waals surface area contributed by atoms with Crippen molar-refractivity contribution in [2.45, 2.75) is 12.5 Å². The molecule has 0 amide bonds. The number of aliphatic carboxylic acids is 3. The molecule has 2 unspecified atom stereocenters.